The Hall–Kier alpha value is -3.07. The molecule has 0 radical (unpaired) electrons. The number of anilines is 1. The topological polar surface area (TPSA) is 77.6 Å². The number of carbonyl (C=O) groups is 1. The number of benzene rings is 1. The molecule has 1 N–H and O–H groups in total. The maximum absolute atomic E-state index is 13.9. The van der Waals surface area contributed by atoms with Gasteiger partial charge in [0, 0.05) is 18.3 Å². The Morgan fingerprint density at radius 1 is 1.29 bits per heavy atom. The van der Waals surface area contributed by atoms with Crippen LogP contribution in [-0.4, -0.2) is 36.8 Å². The van der Waals surface area contributed by atoms with Gasteiger partial charge in [0.2, 0.25) is 5.95 Å². The molecule has 144 valence electrons. The average Bonchev–Trinajstić information content (AvgIpc) is 3.25. The molecule has 28 heavy (non-hydrogen) atoms. The van der Waals surface area contributed by atoms with Crippen LogP contribution in [0.25, 0.3) is 0 Å². The number of hydrogen-bond acceptors (Lipinski definition) is 5. The number of aryl methyl sites for hydroxylation is 2. The van der Waals surface area contributed by atoms with Gasteiger partial charge in [-0.3, -0.25) is 9.48 Å². The molecule has 1 atom stereocenters. The van der Waals surface area contributed by atoms with E-state index in [1.165, 1.54) is 21.9 Å². The van der Waals surface area contributed by atoms with Crippen molar-refractivity contribution in [3.05, 3.63) is 69.9 Å². The third kappa shape index (κ3) is 2.97. The number of fused-ring (bicyclic) bond motifs is 1. The Balaban J connectivity index is 1.95. The number of halogens is 3. The first-order valence-electron chi connectivity index (χ1n) is 8.36. The predicted molar refractivity (Wildman–Crippen MR) is 98.5 cm³/mol. The number of hydrogen-bond donors (Lipinski definition) is 1. The lowest BCUT2D eigenvalue weighted by Crippen LogP contribution is -2.32. The largest absolute Gasteiger partial charge is 0.323 e. The molecule has 2 aromatic heterocycles. The highest BCUT2D eigenvalue weighted by Gasteiger charge is 2.38. The summed E-state index contributed by atoms with van der Waals surface area (Å²) in [5, 5.41) is 11.3. The second kappa shape index (κ2) is 6.83. The Bertz CT molecular complexity index is 1090. The zero-order valence-electron chi connectivity index (χ0n) is 14.9. The van der Waals surface area contributed by atoms with E-state index in [4.69, 9.17) is 11.6 Å². The van der Waals surface area contributed by atoms with Gasteiger partial charge in [0.05, 0.1) is 22.5 Å². The van der Waals surface area contributed by atoms with Crippen molar-refractivity contribution in [3.8, 4) is 0 Å². The summed E-state index contributed by atoms with van der Waals surface area (Å²) in [7, 11) is 1.66. The summed E-state index contributed by atoms with van der Waals surface area (Å²) in [6, 6.07) is 5.74. The number of rotatable bonds is 4. The van der Waals surface area contributed by atoms with Crippen LogP contribution < -0.4 is 5.32 Å². The lowest BCUT2D eigenvalue weighted by molar-refractivity contribution is 0.101. The van der Waals surface area contributed by atoms with E-state index in [0.29, 0.717) is 16.3 Å². The molecule has 1 aliphatic heterocycles. The molecule has 10 heteroatoms. The standard InChI is InChI=1S/C18H15ClF2N6O/c1-9-12(7-26(2)25-9)16(28)13-14(17(20)21)24-18-22-8-23-27(18)15(13)10-3-5-11(19)6-4-10/h3-8,15,17H,1-2H3,(H,22,23,24). The molecule has 1 unspecified atom stereocenters. The first-order chi connectivity index (χ1) is 13.4. The van der Waals surface area contributed by atoms with E-state index in [2.05, 4.69) is 20.5 Å². The van der Waals surface area contributed by atoms with Crippen LogP contribution in [0.2, 0.25) is 5.02 Å². The van der Waals surface area contributed by atoms with Gasteiger partial charge in [-0.1, -0.05) is 23.7 Å². The Labute approximate surface area is 163 Å². The molecule has 1 aliphatic rings. The minimum atomic E-state index is -2.91. The zero-order chi connectivity index (χ0) is 20.0. The third-order valence-electron chi connectivity index (χ3n) is 4.53. The summed E-state index contributed by atoms with van der Waals surface area (Å²) in [4.78, 5) is 17.3. The third-order valence-corrected chi connectivity index (χ3v) is 4.79. The number of ketones is 1. The van der Waals surface area contributed by atoms with E-state index < -0.39 is 23.9 Å². The maximum Gasteiger partial charge on any atom is 0.278 e. The fraction of sp³-hybridized carbons (Fsp3) is 0.222. The second-order valence-corrected chi connectivity index (χ2v) is 6.80. The van der Waals surface area contributed by atoms with Gasteiger partial charge in [0.15, 0.2) is 5.78 Å². The molecule has 0 amide bonds. The van der Waals surface area contributed by atoms with Gasteiger partial charge >= 0.3 is 0 Å². The molecule has 7 nitrogen and oxygen atoms in total. The van der Waals surface area contributed by atoms with Crippen LogP contribution in [0.3, 0.4) is 0 Å². The summed E-state index contributed by atoms with van der Waals surface area (Å²) < 4.78 is 30.8. The van der Waals surface area contributed by atoms with Crippen LogP contribution in [0.5, 0.6) is 0 Å². The fourth-order valence-electron chi connectivity index (χ4n) is 3.32. The van der Waals surface area contributed by atoms with Crippen LogP contribution in [0, 0.1) is 6.92 Å². The molecular weight excluding hydrogens is 390 g/mol. The van der Waals surface area contributed by atoms with Crippen LogP contribution in [0.4, 0.5) is 14.7 Å². The molecule has 4 rings (SSSR count). The number of allylic oxidation sites excluding steroid dienone is 2. The monoisotopic (exact) mass is 404 g/mol. The summed E-state index contributed by atoms with van der Waals surface area (Å²) in [5.41, 5.74) is 0.689. The van der Waals surface area contributed by atoms with Gasteiger partial charge < -0.3 is 5.32 Å². The fourth-order valence-corrected chi connectivity index (χ4v) is 3.45. The first-order valence-corrected chi connectivity index (χ1v) is 8.73. The number of aromatic nitrogens is 5. The van der Waals surface area contributed by atoms with E-state index in [9.17, 15) is 13.6 Å². The normalized spacial score (nSPS) is 16.3. The summed E-state index contributed by atoms with van der Waals surface area (Å²) in [6.45, 7) is 1.66. The predicted octanol–water partition coefficient (Wildman–Crippen LogP) is 3.39. The SMILES string of the molecule is Cc1nn(C)cc1C(=O)C1=C(C(F)F)Nc2ncnn2C1c1ccc(Cl)cc1. The Morgan fingerprint density at radius 2 is 2.00 bits per heavy atom. The van der Waals surface area contributed by atoms with Gasteiger partial charge in [-0.05, 0) is 24.6 Å². The van der Waals surface area contributed by atoms with Crippen molar-refractivity contribution in [1.82, 2.24) is 24.5 Å². The minimum Gasteiger partial charge on any atom is -0.323 e. The van der Waals surface area contributed by atoms with Gasteiger partial charge in [-0.25, -0.2) is 13.5 Å². The van der Waals surface area contributed by atoms with Crippen molar-refractivity contribution >= 4 is 23.3 Å². The molecule has 1 aromatic carbocycles. The van der Waals surface area contributed by atoms with E-state index in [1.807, 2.05) is 0 Å². The van der Waals surface area contributed by atoms with Crippen LogP contribution in [-0.2, 0) is 7.05 Å². The summed E-state index contributed by atoms with van der Waals surface area (Å²) in [5.74, 6) is -0.413. The molecular formula is C18H15ClF2N6O. The molecule has 0 fully saturated rings. The van der Waals surface area contributed by atoms with Crippen molar-refractivity contribution in [3.63, 3.8) is 0 Å². The van der Waals surface area contributed by atoms with E-state index in [-0.39, 0.29) is 17.1 Å². The molecule has 3 heterocycles. The highest BCUT2D eigenvalue weighted by atomic mass is 35.5. The van der Waals surface area contributed by atoms with Gasteiger partial charge in [0.25, 0.3) is 6.43 Å². The molecule has 0 bridgehead atoms. The van der Waals surface area contributed by atoms with E-state index in [0.717, 1.165) is 0 Å². The van der Waals surface area contributed by atoms with Crippen LogP contribution in [0.15, 0.2) is 48.1 Å². The van der Waals surface area contributed by atoms with Crippen molar-refractivity contribution in [2.75, 3.05) is 5.32 Å². The van der Waals surface area contributed by atoms with Gasteiger partial charge in [-0.2, -0.15) is 15.2 Å². The number of nitrogens with zero attached hydrogens (tertiary/aromatic N) is 5. The summed E-state index contributed by atoms with van der Waals surface area (Å²) in [6.07, 6.45) is -0.142. The molecule has 0 saturated carbocycles. The van der Waals surface area contributed by atoms with Crippen LogP contribution in [0.1, 0.15) is 27.7 Å². The lowest BCUT2D eigenvalue weighted by Gasteiger charge is -2.29. The quantitative estimate of drug-likeness (QED) is 0.674. The van der Waals surface area contributed by atoms with E-state index >= 15 is 0 Å². The Morgan fingerprint density at radius 3 is 2.61 bits per heavy atom. The molecule has 3 aromatic rings. The zero-order valence-corrected chi connectivity index (χ0v) is 15.7. The molecule has 0 saturated heterocycles. The van der Waals surface area contributed by atoms with E-state index in [1.54, 1.807) is 38.2 Å². The van der Waals surface area contributed by atoms with Crippen molar-refractivity contribution < 1.29 is 13.6 Å². The number of Topliss-reactive ketones (excluding diaryl/α,β-unsaturated/α-hetero) is 1. The maximum atomic E-state index is 13.9. The molecule has 0 spiro atoms. The van der Waals surface area contributed by atoms with Crippen molar-refractivity contribution in [2.45, 2.75) is 19.4 Å². The average molecular weight is 405 g/mol. The van der Waals surface area contributed by atoms with Gasteiger partial charge in [-0.15, -0.1) is 0 Å². The van der Waals surface area contributed by atoms with Crippen LogP contribution >= 0.6 is 11.6 Å². The lowest BCUT2D eigenvalue weighted by atomic mass is 9.89. The molecule has 0 aliphatic carbocycles. The Kier molecular flexibility index (Phi) is 4.46. The number of alkyl halides is 2. The minimum absolute atomic E-state index is 0.105. The second-order valence-electron chi connectivity index (χ2n) is 6.37. The highest BCUT2D eigenvalue weighted by Crippen LogP contribution is 2.38. The van der Waals surface area contributed by atoms with Crippen molar-refractivity contribution in [1.29, 1.82) is 0 Å². The number of carbonyl (C=O) groups excluding carboxylic acids is 1. The number of nitrogens with one attached hydrogen (secondary N) is 1. The van der Waals surface area contributed by atoms with Crippen molar-refractivity contribution in [2.24, 2.45) is 7.05 Å². The van der Waals surface area contributed by atoms with Gasteiger partial charge in [0.1, 0.15) is 12.4 Å². The summed E-state index contributed by atoms with van der Waals surface area (Å²) >= 11 is 5.97. The smallest absolute Gasteiger partial charge is 0.278 e. The first kappa shape index (κ1) is 18.3. The highest BCUT2D eigenvalue weighted by molar-refractivity contribution is 6.30.